The normalized spacial score (nSPS) is 10.6. The number of ether oxygens (including phenoxy) is 2. The monoisotopic (exact) mass is 349 g/mol. The Bertz CT molecular complexity index is 765. The van der Waals surface area contributed by atoms with Gasteiger partial charge >= 0.3 is 5.69 Å². The average molecular weight is 350 g/mol. The third kappa shape index (κ3) is 4.14. The van der Waals surface area contributed by atoms with Crippen LogP contribution in [0.5, 0.6) is 11.5 Å². The van der Waals surface area contributed by atoms with E-state index in [1.807, 2.05) is 18.2 Å². The van der Waals surface area contributed by atoms with Gasteiger partial charge in [0.25, 0.3) is 0 Å². The van der Waals surface area contributed by atoms with Crippen LogP contribution in [0.3, 0.4) is 0 Å². The highest BCUT2D eigenvalue weighted by Gasteiger charge is 2.18. The van der Waals surface area contributed by atoms with Crippen LogP contribution in [-0.4, -0.2) is 25.4 Å². The molecule has 0 bridgehead atoms. The Morgan fingerprint density at radius 1 is 1.25 bits per heavy atom. The van der Waals surface area contributed by atoms with Crippen LogP contribution in [0.4, 0.5) is 5.69 Å². The zero-order valence-corrected chi connectivity index (χ0v) is 13.9. The minimum absolute atomic E-state index is 0.123. The van der Waals surface area contributed by atoms with Crippen LogP contribution in [0.1, 0.15) is 11.1 Å². The minimum Gasteiger partial charge on any atom is -0.496 e. The lowest BCUT2D eigenvalue weighted by Crippen LogP contribution is -2.06. The highest BCUT2D eigenvalue weighted by molar-refractivity contribution is 6.31. The van der Waals surface area contributed by atoms with Crippen LogP contribution >= 0.6 is 11.6 Å². The van der Waals surface area contributed by atoms with Gasteiger partial charge in [-0.1, -0.05) is 29.8 Å². The second-order valence-electron chi connectivity index (χ2n) is 4.71. The zero-order chi connectivity index (χ0) is 17.5. The average Bonchev–Trinajstić information content (AvgIpc) is 2.59. The SMILES string of the molecule is COc1cc(OC)c([N+](=O)[O-])cc1/C=N\NCc1ccccc1Cl. The summed E-state index contributed by atoms with van der Waals surface area (Å²) in [6, 6.07) is 10.2. The van der Waals surface area contributed by atoms with Gasteiger partial charge in [0.1, 0.15) is 5.75 Å². The molecule has 0 amide bonds. The van der Waals surface area contributed by atoms with E-state index in [2.05, 4.69) is 10.5 Å². The molecule has 0 saturated carbocycles. The quantitative estimate of drug-likeness (QED) is 0.470. The van der Waals surface area contributed by atoms with E-state index in [9.17, 15) is 10.1 Å². The Morgan fingerprint density at radius 2 is 1.96 bits per heavy atom. The van der Waals surface area contributed by atoms with Gasteiger partial charge in [0.15, 0.2) is 0 Å². The van der Waals surface area contributed by atoms with Gasteiger partial charge < -0.3 is 14.9 Å². The highest BCUT2D eigenvalue weighted by Crippen LogP contribution is 2.33. The molecule has 2 rings (SSSR count). The number of nitrogens with one attached hydrogen (secondary N) is 1. The van der Waals surface area contributed by atoms with Crippen molar-refractivity contribution < 1.29 is 14.4 Å². The molecule has 0 radical (unpaired) electrons. The van der Waals surface area contributed by atoms with Gasteiger partial charge in [-0.25, -0.2) is 0 Å². The van der Waals surface area contributed by atoms with Gasteiger partial charge in [-0.3, -0.25) is 10.1 Å². The molecule has 0 aliphatic carbocycles. The predicted molar refractivity (Wildman–Crippen MR) is 92.1 cm³/mol. The molecule has 2 aromatic carbocycles. The molecule has 0 aliphatic rings. The van der Waals surface area contributed by atoms with Gasteiger partial charge in [0, 0.05) is 22.7 Å². The summed E-state index contributed by atoms with van der Waals surface area (Å²) in [6.45, 7) is 0.427. The van der Waals surface area contributed by atoms with Gasteiger partial charge in [0.05, 0.1) is 31.9 Å². The molecule has 0 aliphatic heterocycles. The number of nitro groups is 1. The van der Waals surface area contributed by atoms with Crippen LogP contribution in [-0.2, 0) is 6.54 Å². The van der Waals surface area contributed by atoms with Gasteiger partial charge in [0.2, 0.25) is 5.75 Å². The summed E-state index contributed by atoms with van der Waals surface area (Å²) >= 11 is 6.06. The topological polar surface area (TPSA) is 86.0 Å². The number of nitrogens with zero attached hydrogens (tertiary/aromatic N) is 2. The van der Waals surface area contributed by atoms with E-state index >= 15 is 0 Å². The van der Waals surface area contributed by atoms with Crippen LogP contribution in [0.25, 0.3) is 0 Å². The van der Waals surface area contributed by atoms with E-state index in [0.717, 1.165) is 5.56 Å². The second-order valence-corrected chi connectivity index (χ2v) is 5.11. The maximum Gasteiger partial charge on any atom is 0.311 e. The molecule has 0 heterocycles. The molecule has 0 atom stereocenters. The molecule has 1 N–H and O–H groups in total. The van der Waals surface area contributed by atoms with Crippen molar-refractivity contribution in [3.8, 4) is 11.5 Å². The number of hydrogen-bond acceptors (Lipinski definition) is 6. The Morgan fingerprint density at radius 3 is 2.58 bits per heavy atom. The first kappa shape index (κ1) is 17.6. The molecule has 0 saturated heterocycles. The summed E-state index contributed by atoms with van der Waals surface area (Å²) in [5.41, 5.74) is 4.03. The molecule has 0 fully saturated rings. The fourth-order valence-electron chi connectivity index (χ4n) is 2.04. The summed E-state index contributed by atoms with van der Waals surface area (Å²) in [5.74, 6) is 0.541. The highest BCUT2D eigenvalue weighted by atomic mass is 35.5. The molecule has 0 spiro atoms. The molecule has 24 heavy (non-hydrogen) atoms. The number of halogens is 1. The number of nitro benzene ring substituents is 1. The van der Waals surface area contributed by atoms with Gasteiger partial charge in [-0.15, -0.1) is 0 Å². The molecule has 7 nitrogen and oxygen atoms in total. The van der Waals surface area contributed by atoms with Crippen LogP contribution in [0.15, 0.2) is 41.5 Å². The van der Waals surface area contributed by atoms with E-state index < -0.39 is 4.92 Å². The van der Waals surface area contributed by atoms with E-state index in [4.69, 9.17) is 21.1 Å². The molecule has 126 valence electrons. The van der Waals surface area contributed by atoms with Crippen LogP contribution in [0.2, 0.25) is 5.02 Å². The third-order valence-electron chi connectivity index (χ3n) is 3.25. The molecule has 0 unspecified atom stereocenters. The zero-order valence-electron chi connectivity index (χ0n) is 13.2. The summed E-state index contributed by atoms with van der Waals surface area (Å²) < 4.78 is 10.2. The Kier molecular flexibility index (Phi) is 5.97. The fourth-order valence-corrected chi connectivity index (χ4v) is 2.24. The van der Waals surface area contributed by atoms with E-state index in [-0.39, 0.29) is 11.4 Å². The Balaban J connectivity index is 2.17. The number of benzene rings is 2. The van der Waals surface area contributed by atoms with E-state index in [1.54, 1.807) is 6.07 Å². The van der Waals surface area contributed by atoms with Crippen molar-refractivity contribution in [3.63, 3.8) is 0 Å². The van der Waals surface area contributed by atoms with E-state index in [0.29, 0.717) is 22.9 Å². The lowest BCUT2D eigenvalue weighted by atomic mass is 10.1. The van der Waals surface area contributed by atoms with Crippen LogP contribution in [0, 0.1) is 10.1 Å². The van der Waals surface area contributed by atoms with Gasteiger partial charge in [-0.2, -0.15) is 5.10 Å². The molecule has 8 heteroatoms. The van der Waals surface area contributed by atoms with E-state index in [1.165, 1.54) is 32.6 Å². The number of hydrogen-bond donors (Lipinski definition) is 1. The lowest BCUT2D eigenvalue weighted by molar-refractivity contribution is -0.385. The second kappa shape index (κ2) is 8.16. The first-order valence-electron chi connectivity index (χ1n) is 6.96. The molecular formula is C16H16ClN3O4. The largest absolute Gasteiger partial charge is 0.496 e. The summed E-state index contributed by atoms with van der Waals surface area (Å²) in [4.78, 5) is 10.6. The first-order valence-corrected chi connectivity index (χ1v) is 7.34. The summed E-state index contributed by atoms with van der Waals surface area (Å²) in [7, 11) is 2.83. The maximum absolute atomic E-state index is 11.1. The van der Waals surface area contributed by atoms with Crippen molar-refractivity contribution in [1.82, 2.24) is 5.43 Å². The molecular weight excluding hydrogens is 334 g/mol. The number of methoxy groups -OCH3 is 2. The van der Waals surface area contributed by atoms with Crippen molar-refractivity contribution in [2.24, 2.45) is 5.10 Å². The number of hydrazone groups is 1. The Labute approximate surface area is 144 Å². The smallest absolute Gasteiger partial charge is 0.311 e. The number of rotatable bonds is 7. The summed E-state index contributed by atoms with van der Waals surface area (Å²) in [6.07, 6.45) is 1.45. The maximum atomic E-state index is 11.1. The predicted octanol–water partition coefficient (Wildman–Crippen LogP) is 3.39. The van der Waals surface area contributed by atoms with Crippen molar-refractivity contribution in [2.75, 3.05) is 14.2 Å². The molecule has 2 aromatic rings. The molecule has 0 aromatic heterocycles. The van der Waals surface area contributed by atoms with Crippen molar-refractivity contribution in [3.05, 3.63) is 62.7 Å². The first-order chi connectivity index (χ1) is 11.6. The van der Waals surface area contributed by atoms with Crippen molar-refractivity contribution >= 4 is 23.5 Å². The standard InChI is InChI=1S/C16H16ClN3O4/c1-23-15-8-16(24-2)14(20(21)22)7-12(15)10-19-18-9-11-5-3-4-6-13(11)17/h3-8,10,18H,9H2,1-2H3/b19-10-. The van der Waals surface area contributed by atoms with Crippen molar-refractivity contribution in [1.29, 1.82) is 0 Å². The Hall–Kier alpha value is -2.80. The third-order valence-corrected chi connectivity index (χ3v) is 3.62. The van der Waals surface area contributed by atoms with Crippen molar-refractivity contribution in [2.45, 2.75) is 6.54 Å². The fraction of sp³-hybridized carbons (Fsp3) is 0.188. The lowest BCUT2D eigenvalue weighted by Gasteiger charge is -2.08. The summed E-state index contributed by atoms with van der Waals surface area (Å²) in [5, 5.41) is 15.8. The minimum atomic E-state index is -0.521. The van der Waals surface area contributed by atoms with Gasteiger partial charge in [-0.05, 0) is 11.6 Å². The van der Waals surface area contributed by atoms with Crippen LogP contribution < -0.4 is 14.9 Å².